The lowest BCUT2D eigenvalue weighted by atomic mass is 10.3. The Labute approximate surface area is 189 Å². The molecule has 33 heavy (non-hydrogen) atoms. The number of sulfonamides is 1. The van der Waals surface area contributed by atoms with Crippen molar-refractivity contribution in [3.63, 3.8) is 0 Å². The van der Waals surface area contributed by atoms with Crippen molar-refractivity contribution in [2.75, 3.05) is 11.8 Å². The highest BCUT2D eigenvalue weighted by Gasteiger charge is 2.16. The second-order valence-corrected chi connectivity index (χ2v) is 8.90. The van der Waals surface area contributed by atoms with E-state index in [1.807, 2.05) is 35.6 Å². The number of para-hydroxylation sites is 2. The Kier molecular flexibility index (Phi) is 5.06. The van der Waals surface area contributed by atoms with E-state index in [2.05, 4.69) is 19.9 Å². The van der Waals surface area contributed by atoms with Crippen molar-refractivity contribution < 1.29 is 17.9 Å². The van der Waals surface area contributed by atoms with Crippen molar-refractivity contribution in [3.05, 3.63) is 78.6 Å². The van der Waals surface area contributed by atoms with Crippen LogP contribution in [0.5, 0.6) is 17.4 Å². The molecule has 2 aromatic heterocycles. The molecule has 0 amide bonds. The molecule has 0 saturated carbocycles. The molecule has 0 fully saturated rings. The van der Waals surface area contributed by atoms with Gasteiger partial charge in [-0.1, -0.05) is 12.1 Å². The second kappa shape index (κ2) is 8.06. The summed E-state index contributed by atoms with van der Waals surface area (Å²) in [4.78, 5) is 4.71. The highest BCUT2D eigenvalue weighted by Crippen LogP contribution is 2.28. The number of ether oxygens (including phenoxy) is 2. The van der Waals surface area contributed by atoms with Gasteiger partial charge in [0.15, 0.2) is 0 Å². The number of methoxy groups -OCH3 is 1. The number of hydrogen-bond acceptors (Lipinski definition) is 7. The van der Waals surface area contributed by atoms with Crippen LogP contribution < -0.4 is 14.2 Å². The highest BCUT2D eigenvalue weighted by molar-refractivity contribution is 7.92. The van der Waals surface area contributed by atoms with Gasteiger partial charge in [-0.2, -0.15) is 0 Å². The summed E-state index contributed by atoms with van der Waals surface area (Å²) in [5.41, 5.74) is 2.51. The number of hydrogen-bond donors (Lipinski definition) is 1. The summed E-state index contributed by atoms with van der Waals surface area (Å²) in [6.45, 7) is 1.86. The monoisotopic (exact) mass is 461 g/mol. The Hall–Kier alpha value is -4.18. The molecule has 10 heteroatoms. The lowest BCUT2D eigenvalue weighted by Gasteiger charge is -2.11. The Bertz CT molecular complexity index is 1560. The van der Waals surface area contributed by atoms with Gasteiger partial charge in [0.2, 0.25) is 5.65 Å². The summed E-state index contributed by atoms with van der Waals surface area (Å²) in [5, 5.41) is 8.35. The third-order valence-electron chi connectivity index (χ3n) is 5.05. The normalized spacial score (nSPS) is 11.6. The second-order valence-electron chi connectivity index (χ2n) is 7.22. The molecule has 0 atom stereocenters. The maximum absolute atomic E-state index is 12.6. The molecule has 5 rings (SSSR count). The van der Waals surface area contributed by atoms with Crippen LogP contribution in [-0.2, 0) is 10.0 Å². The first-order valence-corrected chi connectivity index (χ1v) is 11.5. The van der Waals surface area contributed by atoms with Crippen LogP contribution in [0.4, 0.5) is 5.69 Å². The lowest BCUT2D eigenvalue weighted by molar-refractivity contribution is 0.414. The highest BCUT2D eigenvalue weighted by atomic mass is 32.2. The number of aromatic nitrogens is 4. The molecule has 5 aromatic rings. The van der Waals surface area contributed by atoms with Gasteiger partial charge in [-0.05, 0) is 67.6 Å². The maximum Gasteiger partial charge on any atom is 0.266 e. The van der Waals surface area contributed by atoms with Crippen molar-refractivity contribution in [3.8, 4) is 17.4 Å². The van der Waals surface area contributed by atoms with Crippen molar-refractivity contribution >= 4 is 32.4 Å². The van der Waals surface area contributed by atoms with Crippen LogP contribution in [0.25, 0.3) is 16.7 Å². The first-order chi connectivity index (χ1) is 15.9. The van der Waals surface area contributed by atoms with E-state index in [9.17, 15) is 8.42 Å². The Balaban J connectivity index is 1.40. The molecule has 0 spiro atoms. The van der Waals surface area contributed by atoms with Gasteiger partial charge >= 0.3 is 0 Å². The molecule has 0 unspecified atom stereocenters. The average molecular weight is 462 g/mol. The van der Waals surface area contributed by atoms with Crippen LogP contribution in [0.15, 0.2) is 77.7 Å². The van der Waals surface area contributed by atoms with Crippen LogP contribution in [0.3, 0.4) is 0 Å². The summed E-state index contributed by atoms with van der Waals surface area (Å²) in [6.07, 6.45) is 0. The molecule has 9 nitrogen and oxygen atoms in total. The van der Waals surface area contributed by atoms with Gasteiger partial charge in [-0.15, -0.1) is 10.2 Å². The molecule has 0 saturated heterocycles. The Morgan fingerprint density at radius 1 is 0.879 bits per heavy atom. The minimum absolute atomic E-state index is 0.133. The predicted octanol–water partition coefficient (Wildman–Crippen LogP) is 4.19. The summed E-state index contributed by atoms with van der Waals surface area (Å²) in [6, 6.07) is 20.3. The van der Waals surface area contributed by atoms with Gasteiger partial charge in [-0.3, -0.25) is 9.12 Å². The minimum Gasteiger partial charge on any atom is -0.497 e. The number of aryl methyl sites for hydroxylation is 1. The van der Waals surface area contributed by atoms with Gasteiger partial charge in [0.05, 0.1) is 23.0 Å². The van der Waals surface area contributed by atoms with E-state index in [0.717, 1.165) is 16.9 Å². The molecular weight excluding hydrogens is 442 g/mol. The number of fused-ring (bicyclic) bond motifs is 3. The fourth-order valence-corrected chi connectivity index (χ4v) is 4.50. The summed E-state index contributed by atoms with van der Waals surface area (Å²) < 4.78 is 40.8. The molecular formula is C23H19N5O4S. The zero-order chi connectivity index (χ0) is 23.0. The molecule has 1 N–H and O–H groups in total. The van der Waals surface area contributed by atoms with Gasteiger partial charge < -0.3 is 9.47 Å². The van der Waals surface area contributed by atoms with Crippen molar-refractivity contribution in [2.45, 2.75) is 11.8 Å². The summed E-state index contributed by atoms with van der Waals surface area (Å²) in [5.74, 6) is 2.08. The quantitative estimate of drug-likeness (QED) is 0.404. The third-order valence-corrected chi connectivity index (χ3v) is 6.45. The van der Waals surface area contributed by atoms with E-state index in [-0.39, 0.29) is 4.90 Å². The number of rotatable bonds is 6. The van der Waals surface area contributed by atoms with Crippen LogP contribution >= 0.6 is 0 Å². The minimum atomic E-state index is -3.74. The predicted molar refractivity (Wildman–Crippen MR) is 123 cm³/mol. The fourth-order valence-electron chi connectivity index (χ4n) is 3.44. The largest absolute Gasteiger partial charge is 0.497 e. The Morgan fingerprint density at radius 2 is 1.58 bits per heavy atom. The van der Waals surface area contributed by atoms with E-state index in [1.54, 1.807) is 36.4 Å². The van der Waals surface area contributed by atoms with Crippen LogP contribution in [-0.4, -0.2) is 35.1 Å². The zero-order valence-electron chi connectivity index (χ0n) is 17.8. The molecule has 0 aliphatic heterocycles. The zero-order valence-corrected chi connectivity index (χ0v) is 18.6. The van der Waals surface area contributed by atoms with E-state index < -0.39 is 10.0 Å². The first-order valence-electron chi connectivity index (χ1n) is 10.00. The Morgan fingerprint density at radius 3 is 2.30 bits per heavy atom. The smallest absolute Gasteiger partial charge is 0.266 e. The van der Waals surface area contributed by atoms with Crippen LogP contribution in [0.2, 0.25) is 0 Å². The number of nitrogens with one attached hydrogen (secondary N) is 1. The number of nitrogens with zero attached hydrogens (tertiary/aromatic N) is 4. The van der Waals surface area contributed by atoms with Gasteiger partial charge in [0.1, 0.15) is 17.3 Å². The number of anilines is 1. The van der Waals surface area contributed by atoms with Gasteiger partial charge in [-0.25, -0.2) is 13.4 Å². The van der Waals surface area contributed by atoms with E-state index in [1.165, 1.54) is 19.2 Å². The fraction of sp³-hybridized carbons (Fsp3) is 0.0870. The van der Waals surface area contributed by atoms with Crippen molar-refractivity contribution in [2.24, 2.45) is 0 Å². The molecule has 0 bridgehead atoms. The van der Waals surface area contributed by atoms with E-state index in [4.69, 9.17) is 9.47 Å². The number of benzene rings is 3. The summed E-state index contributed by atoms with van der Waals surface area (Å²) >= 11 is 0. The molecule has 0 aliphatic carbocycles. The van der Waals surface area contributed by atoms with E-state index in [0.29, 0.717) is 28.7 Å². The summed E-state index contributed by atoms with van der Waals surface area (Å²) in [7, 11) is -2.22. The van der Waals surface area contributed by atoms with Gasteiger partial charge in [0.25, 0.3) is 15.9 Å². The third kappa shape index (κ3) is 3.92. The average Bonchev–Trinajstić information content (AvgIpc) is 3.22. The molecule has 166 valence electrons. The molecule has 3 aromatic carbocycles. The van der Waals surface area contributed by atoms with E-state index >= 15 is 0 Å². The van der Waals surface area contributed by atoms with Crippen LogP contribution in [0, 0.1) is 6.92 Å². The van der Waals surface area contributed by atoms with Gasteiger partial charge in [0, 0.05) is 5.69 Å². The van der Waals surface area contributed by atoms with Crippen molar-refractivity contribution in [1.82, 2.24) is 19.6 Å². The van der Waals surface area contributed by atoms with Crippen LogP contribution in [0.1, 0.15) is 5.82 Å². The first kappa shape index (κ1) is 20.7. The molecule has 2 heterocycles. The topological polar surface area (TPSA) is 108 Å². The molecule has 0 radical (unpaired) electrons. The SMILES string of the molecule is COc1ccc(S(=O)(=O)Nc2ccc(Oc3nc4ccccc4n4c(C)nnc34)cc2)cc1. The molecule has 0 aliphatic rings. The van der Waals surface area contributed by atoms with Crippen molar-refractivity contribution in [1.29, 1.82) is 0 Å². The standard InChI is InChI=1S/C23H19N5O4S/c1-15-25-26-22-23(24-20-5-3-4-6-21(20)28(15)22)32-18-9-7-16(8-10-18)27-33(29,30)19-13-11-17(31-2)12-14-19/h3-14,27H,1-2H3. The lowest BCUT2D eigenvalue weighted by Crippen LogP contribution is -2.12. The maximum atomic E-state index is 12.6.